The SMILES string of the molecule is CN(CC1CCCC1O)S(=O)(=O)c1ccc(Cl)c(Cl)c1. The van der Waals surface area contributed by atoms with Crippen molar-refractivity contribution in [1.82, 2.24) is 4.31 Å². The molecule has 2 atom stereocenters. The molecule has 1 aliphatic carbocycles. The van der Waals surface area contributed by atoms with Gasteiger partial charge < -0.3 is 5.11 Å². The quantitative estimate of drug-likeness (QED) is 0.918. The number of rotatable bonds is 4. The highest BCUT2D eigenvalue weighted by Crippen LogP contribution is 2.29. The minimum Gasteiger partial charge on any atom is -0.393 e. The summed E-state index contributed by atoms with van der Waals surface area (Å²) in [6.07, 6.45) is 2.11. The van der Waals surface area contributed by atoms with Gasteiger partial charge in [-0.25, -0.2) is 12.7 Å². The van der Waals surface area contributed by atoms with Gasteiger partial charge in [-0.05, 0) is 37.0 Å². The van der Waals surface area contributed by atoms with Crippen molar-refractivity contribution in [3.8, 4) is 0 Å². The van der Waals surface area contributed by atoms with Gasteiger partial charge in [0.25, 0.3) is 0 Å². The van der Waals surface area contributed by atoms with Gasteiger partial charge in [0.15, 0.2) is 0 Å². The third kappa shape index (κ3) is 3.28. The summed E-state index contributed by atoms with van der Waals surface area (Å²) in [4.78, 5) is 0.113. The van der Waals surface area contributed by atoms with E-state index in [1.807, 2.05) is 0 Å². The Morgan fingerprint density at radius 1 is 1.30 bits per heavy atom. The zero-order valence-electron chi connectivity index (χ0n) is 11.1. The van der Waals surface area contributed by atoms with Gasteiger partial charge in [0.1, 0.15) is 0 Å². The van der Waals surface area contributed by atoms with Crippen LogP contribution in [-0.4, -0.2) is 37.5 Å². The highest BCUT2D eigenvalue weighted by Gasteiger charge is 2.30. The van der Waals surface area contributed by atoms with Crippen molar-refractivity contribution in [1.29, 1.82) is 0 Å². The van der Waals surface area contributed by atoms with E-state index in [0.29, 0.717) is 11.6 Å². The second-order valence-corrected chi connectivity index (χ2v) is 7.98. The Morgan fingerprint density at radius 2 is 2.00 bits per heavy atom. The van der Waals surface area contributed by atoms with Crippen molar-refractivity contribution in [2.24, 2.45) is 5.92 Å². The van der Waals surface area contributed by atoms with Gasteiger partial charge in [-0.2, -0.15) is 0 Å². The van der Waals surface area contributed by atoms with E-state index in [4.69, 9.17) is 23.2 Å². The van der Waals surface area contributed by atoms with E-state index in [2.05, 4.69) is 0 Å². The molecule has 20 heavy (non-hydrogen) atoms. The summed E-state index contributed by atoms with van der Waals surface area (Å²) < 4.78 is 26.1. The predicted molar refractivity (Wildman–Crippen MR) is 79.6 cm³/mol. The molecular weight excluding hydrogens is 321 g/mol. The number of nitrogens with zero attached hydrogens (tertiary/aromatic N) is 1. The fourth-order valence-electron chi connectivity index (χ4n) is 2.48. The molecule has 2 rings (SSSR count). The summed E-state index contributed by atoms with van der Waals surface area (Å²) in [7, 11) is -2.09. The summed E-state index contributed by atoms with van der Waals surface area (Å²) in [5.41, 5.74) is 0. The molecule has 0 heterocycles. The Bertz CT molecular complexity index is 591. The average Bonchev–Trinajstić information content (AvgIpc) is 2.78. The lowest BCUT2D eigenvalue weighted by atomic mass is 10.1. The Kier molecular flexibility index (Phi) is 4.97. The van der Waals surface area contributed by atoms with Crippen molar-refractivity contribution in [3.05, 3.63) is 28.2 Å². The molecular formula is C13H17Cl2NO3S. The van der Waals surface area contributed by atoms with Gasteiger partial charge in [0.2, 0.25) is 10.0 Å². The normalized spacial score (nSPS) is 23.4. The first kappa shape index (κ1) is 16.0. The smallest absolute Gasteiger partial charge is 0.242 e. The molecule has 2 unspecified atom stereocenters. The van der Waals surface area contributed by atoms with Gasteiger partial charge in [0.05, 0.1) is 21.0 Å². The number of sulfonamides is 1. The van der Waals surface area contributed by atoms with E-state index in [9.17, 15) is 13.5 Å². The molecule has 7 heteroatoms. The van der Waals surface area contributed by atoms with E-state index < -0.39 is 16.1 Å². The third-order valence-electron chi connectivity index (χ3n) is 3.71. The van der Waals surface area contributed by atoms with Crippen LogP contribution in [0.5, 0.6) is 0 Å². The predicted octanol–water partition coefficient (Wildman–Crippen LogP) is 2.77. The van der Waals surface area contributed by atoms with Crippen LogP contribution in [0.15, 0.2) is 23.1 Å². The van der Waals surface area contributed by atoms with E-state index >= 15 is 0 Å². The molecule has 0 radical (unpaired) electrons. The van der Waals surface area contributed by atoms with E-state index in [1.165, 1.54) is 29.6 Å². The Morgan fingerprint density at radius 3 is 2.55 bits per heavy atom. The number of aliphatic hydroxyl groups excluding tert-OH is 1. The van der Waals surface area contributed by atoms with Crippen LogP contribution in [-0.2, 0) is 10.0 Å². The molecule has 0 spiro atoms. The Hall–Kier alpha value is -0.330. The number of aliphatic hydroxyl groups is 1. The molecule has 112 valence electrons. The lowest BCUT2D eigenvalue weighted by Gasteiger charge is -2.23. The molecule has 1 aromatic carbocycles. The first-order valence-electron chi connectivity index (χ1n) is 6.42. The molecule has 0 bridgehead atoms. The van der Waals surface area contributed by atoms with Crippen molar-refractivity contribution >= 4 is 33.2 Å². The van der Waals surface area contributed by atoms with Crippen molar-refractivity contribution < 1.29 is 13.5 Å². The monoisotopic (exact) mass is 337 g/mol. The lowest BCUT2D eigenvalue weighted by Crippen LogP contribution is -2.34. The highest BCUT2D eigenvalue weighted by molar-refractivity contribution is 7.89. The number of halogens is 2. The van der Waals surface area contributed by atoms with Crippen molar-refractivity contribution in [3.63, 3.8) is 0 Å². The van der Waals surface area contributed by atoms with E-state index in [-0.39, 0.29) is 15.8 Å². The Labute approximate surface area is 129 Å². The van der Waals surface area contributed by atoms with Crippen LogP contribution in [0.2, 0.25) is 10.0 Å². The second kappa shape index (κ2) is 6.20. The van der Waals surface area contributed by atoms with Crippen LogP contribution in [0, 0.1) is 5.92 Å². The van der Waals surface area contributed by atoms with Crippen LogP contribution in [0.1, 0.15) is 19.3 Å². The third-order valence-corrected chi connectivity index (χ3v) is 6.27. The first-order valence-corrected chi connectivity index (χ1v) is 8.61. The fraction of sp³-hybridized carbons (Fsp3) is 0.538. The molecule has 0 aromatic heterocycles. The van der Waals surface area contributed by atoms with Gasteiger partial charge in [-0.15, -0.1) is 0 Å². The summed E-state index contributed by atoms with van der Waals surface area (Å²) >= 11 is 11.7. The van der Waals surface area contributed by atoms with Crippen LogP contribution in [0.4, 0.5) is 0 Å². The maximum atomic E-state index is 12.4. The zero-order chi connectivity index (χ0) is 14.9. The van der Waals surface area contributed by atoms with Crippen molar-refractivity contribution in [2.75, 3.05) is 13.6 Å². The largest absolute Gasteiger partial charge is 0.393 e. The van der Waals surface area contributed by atoms with Crippen LogP contribution in [0.3, 0.4) is 0 Å². The fourth-order valence-corrected chi connectivity index (χ4v) is 4.09. The zero-order valence-corrected chi connectivity index (χ0v) is 13.4. The number of benzene rings is 1. The molecule has 4 nitrogen and oxygen atoms in total. The van der Waals surface area contributed by atoms with Gasteiger partial charge in [0, 0.05) is 13.6 Å². The molecule has 1 N–H and O–H groups in total. The van der Waals surface area contributed by atoms with E-state index in [0.717, 1.165) is 19.3 Å². The maximum Gasteiger partial charge on any atom is 0.242 e. The Balaban J connectivity index is 2.18. The highest BCUT2D eigenvalue weighted by atomic mass is 35.5. The minimum absolute atomic E-state index is 0.00227. The summed E-state index contributed by atoms with van der Waals surface area (Å²) in [5.74, 6) is -0.00227. The molecule has 1 fully saturated rings. The molecule has 1 saturated carbocycles. The van der Waals surface area contributed by atoms with Gasteiger partial charge >= 0.3 is 0 Å². The molecule has 0 aliphatic heterocycles. The summed E-state index contributed by atoms with van der Waals surface area (Å²) in [6.45, 7) is 0.309. The summed E-state index contributed by atoms with van der Waals surface area (Å²) in [6, 6.07) is 4.25. The first-order chi connectivity index (χ1) is 9.32. The summed E-state index contributed by atoms with van der Waals surface area (Å²) in [5, 5.41) is 10.3. The number of hydrogen-bond acceptors (Lipinski definition) is 3. The van der Waals surface area contributed by atoms with Gasteiger partial charge in [-0.1, -0.05) is 29.6 Å². The van der Waals surface area contributed by atoms with Crippen LogP contribution in [0.25, 0.3) is 0 Å². The molecule has 0 saturated heterocycles. The standard InChI is InChI=1S/C13H17Cl2NO3S/c1-16(8-9-3-2-4-13(9)17)20(18,19)10-5-6-11(14)12(15)7-10/h5-7,9,13,17H,2-4,8H2,1H3. The van der Waals surface area contributed by atoms with Crippen molar-refractivity contribution in [2.45, 2.75) is 30.3 Å². The molecule has 1 aromatic rings. The molecule has 1 aliphatic rings. The average molecular weight is 338 g/mol. The topological polar surface area (TPSA) is 57.6 Å². The van der Waals surface area contributed by atoms with Crippen LogP contribution < -0.4 is 0 Å². The number of hydrogen-bond donors (Lipinski definition) is 1. The van der Waals surface area contributed by atoms with E-state index in [1.54, 1.807) is 0 Å². The minimum atomic E-state index is -3.61. The lowest BCUT2D eigenvalue weighted by molar-refractivity contribution is 0.123. The van der Waals surface area contributed by atoms with Gasteiger partial charge in [-0.3, -0.25) is 0 Å². The second-order valence-electron chi connectivity index (χ2n) is 5.12. The molecule has 0 amide bonds. The maximum absolute atomic E-state index is 12.4. The van der Waals surface area contributed by atoms with Crippen LogP contribution >= 0.6 is 23.2 Å².